The lowest BCUT2D eigenvalue weighted by molar-refractivity contribution is -0.150. The maximum Gasteiger partial charge on any atom is 0.410 e. The van der Waals surface area contributed by atoms with Crippen LogP contribution in [0.5, 0.6) is 0 Å². The highest BCUT2D eigenvalue weighted by molar-refractivity contribution is 5.86. The lowest BCUT2D eigenvalue weighted by Gasteiger charge is -2.40. The van der Waals surface area contributed by atoms with Gasteiger partial charge in [-0.2, -0.15) is 0 Å². The first-order valence-electron chi connectivity index (χ1n) is 11.2. The number of ether oxygens (including phenoxy) is 1. The quantitative estimate of drug-likeness (QED) is 0.720. The molecule has 0 aromatic heterocycles. The van der Waals surface area contributed by atoms with Crippen LogP contribution < -0.4 is 0 Å². The van der Waals surface area contributed by atoms with Crippen LogP contribution in [0.15, 0.2) is 30.3 Å². The molecule has 176 valence electrons. The number of aliphatic carboxylic acids is 1. The Hall–Kier alpha value is -2.61. The molecular formula is C24H34N2O6. The molecule has 0 radical (unpaired) electrons. The number of piperidine rings is 1. The number of carboxylic acid groups (broad SMARTS) is 1. The molecule has 0 bridgehead atoms. The van der Waals surface area contributed by atoms with Crippen molar-refractivity contribution in [1.29, 1.82) is 0 Å². The zero-order valence-electron chi connectivity index (χ0n) is 19.1. The fourth-order valence-corrected chi connectivity index (χ4v) is 4.99. The molecule has 2 aliphatic heterocycles. The van der Waals surface area contributed by atoms with E-state index in [2.05, 4.69) is 0 Å². The van der Waals surface area contributed by atoms with E-state index in [9.17, 15) is 24.6 Å². The molecule has 1 aromatic carbocycles. The first kappa shape index (κ1) is 24.0. The number of aliphatic hydroxyl groups is 1. The standard InChI is InChI=1S/C24H34N2O6/c1-24(2,3)20(22(29)30)17-9-11-25(12-10-17)21(28)19-13-18(27)14-26(19)23(31)32-15-16-7-5-4-6-8-16/h4-8,17-20,27H,9-15H2,1-3H3,(H,29,30)/t18-,19-,20?/m1/s1. The van der Waals surface area contributed by atoms with Gasteiger partial charge in [-0.15, -0.1) is 0 Å². The van der Waals surface area contributed by atoms with Crippen LogP contribution in [-0.2, 0) is 20.9 Å². The highest BCUT2D eigenvalue weighted by Gasteiger charge is 2.44. The van der Waals surface area contributed by atoms with E-state index in [1.165, 1.54) is 4.90 Å². The van der Waals surface area contributed by atoms with Crippen molar-refractivity contribution in [3.8, 4) is 0 Å². The molecule has 2 heterocycles. The number of amides is 2. The molecule has 1 unspecified atom stereocenters. The summed E-state index contributed by atoms with van der Waals surface area (Å²) < 4.78 is 5.38. The van der Waals surface area contributed by atoms with Gasteiger partial charge in [-0.05, 0) is 29.7 Å². The van der Waals surface area contributed by atoms with Crippen molar-refractivity contribution in [2.75, 3.05) is 19.6 Å². The first-order chi connectivity index (χ1) is 15.1. The number of nitrogens with zero attached hydrogens (tertiary/aromatic N) is 2. The Kier molecular flexibility index (Phi) is 7.44. The highest BCUT2D eigenvalue weighted by atomic mass is 16.6. The Balaban J connectivity index is 1.60. The fourth-order valence-electron chi connectivity index (χ4n) is 4.99. The Labute approximate surface area is 189 Å². The third kappa shape index (κ3) is 5.59. The number of β-amino-alcohol motifs (C(OH)–C–C–N with tert-alkyl or cyclic N) is 1. The third-order valence-electron chi connectivity index (χ3n) is 6.53. The number of aliphatic hydroxyl groups excluding tert-OH is 1. The number of likely N-dealkylation sites (tertiary alicyclic amines) is 2. The van der Waals surface area contributed by atoms with Gasteiger partial charge in [-0.25, -0.2) is 4.79 Å². The molecule has 3 atom stereocenters. The van der Waals surface area contributed by atoms with E-state index < -0.39 is 30.1 Å². The summed E-state index contributed by atoms with van der Waals surface area (Å²) in [7, 11) is 0. The molecule has 1 aromatic rings. The van der Waals surface area contributed by atoms with Gasteiger partial charge in [0, 0.05) is 19.5 Å². The summed E-state index contributed by atoms with van der Waals surface area (Å²) in [5.41, 5.74) is 0.481. The Bertz CT molecular complexity index is 814. The largest absolute Gasteiger partial charge is 0.481 e. The van der Waals surface area contributed by atoms with Crippen LogP contribution in [0.25, 0.3) is 0 Å². The molecule has 2 saturated heterocycles. The van der Waals surface area contributed by atoms with Gasteiger partial charge in [-0.3, -0.25) is 14.5 Å². The molecule has 0 aliphatic carbocycles. The first-order valence-corrected chi connectivity index (χ1v) is 11.2. The van der Waals surface area contributed by atoms with Crippen molar-refractivity contribution >= 4 is 18.0 Å². The van der Waals surface area contributed by atoms with Gasteiger partial charge in [0.15, 0.2) is 0 Å². The average molecular weight is 447 g/mol. The molecule has 2 aliphatic rings. The minimum atomic E-state index is -0.798. The summed E-state index contributed by atoms with van der Waals surface area (Å²) in [4.78, 5) is 40.7. The van der Waals surface area contributed by atoms with Crippen molar-refractivity contribution in [3.63, 3.8) is 0 Å². The van der Waals surface area contributed by atoms with Crippen LogP contribution in [-0.4, -0.2) is 69.8 Å². The number of carboxylic acids is 1. The van der Waals surface area contributed by atoms with Crippen LogP contribution in [0, 0.1) is 17.3 Å². The maximum atomic E-state index is 13.2. The van der Waals surface area contributed by atoms with Gasteiger partial charge in [-0.1, -0.05) is 51.1 Å². The van der Waals surface area contributed by atoms with Crippen LogP contribution in [0.1, 0.15) is 45.6 Å². The molecule has 0 spiro atoms. The van der Waals surface area contributed by atoms with Crippen LogP contribution >= 0.6 is 0 Å². The maximum absolute atomic E-state index is 13.2. The second kappa shape index (κ2) is 9.90. The van der Waals surface area contributed by atoms with Crippen LogP contribution in [0.3, 0.4) is 0 Å². The Morgan fingerprint density at radius 1 is 1.12 bits per heavy atom. The van der Waals surface area contributed by atoms with Crippen LogP contribution in [0.2, 0.25) is 0 Å². The third-order valence-corrected chi connectivity index (χ3v) is 6.53. The smallest absolute Gasteiger partial charge is 0.410 e. The second-order valence-electron chi connectivity index (χ2n) is 9.94. The van der Waals surface area contributed by atoms with Crippen molar-refractivity contribution in [2.45, 2.75) is 58.8 Å². The molecule has 32 heavy (non-hydrogen) atoms. The SMILES string of the molecule is CC(C)(C)C(C(=O)O)C1CCN(C(=O)[C@H]2C[C@@H](O)CN2C(=O)OCc2ccccc2)CC1. The summed E-state index contributed by atoms with van der Waals surface area (Å²) in [5.74, 6) is -1.48. The monoisotopic (exact) mass is 446 g/mol. The predicted molar refractivity (Wildman–Crippen MR) is 118 cm³/mol. The van der Waals surface area contributed by atoms with E-state index in [1.807, 2.05) is 51.1 Å². The van der Waals surface area contributed by atoms with E-state index in [0.717, 1.165) is 5.56 Å². The number of rotatable bonds is 5. The Morgan fingerprint density at radius 3 is 2.31 bits per heavy atom. The lowest BCUT2D eigenvalue weighted by Crippen LogP contribution is -2.51. The summed E-state index contributed by atoms with van der Waals surface area (Å²) in [6, 6.07) is 8.52. The molecular weight excluding hydrogens is 412 g/mol. The zero-order valence-corrected chi connectivity index (χ0v) is 19.1. The number of carbonyl (C=O) groups is 3. The molecule has 3 rings (SSSR count). The van der Waals surface area contributed by atoms with Gasteiger partial charge in [0.2, 0.25) is 5.91 Å². The van der Waals surface area contributed by atoms with Crippen molar-refractivity contribution in [2.24, 2.45) is 17.3 Å². The van der Waals surface area contributed by atoms with E-state index >= 15 is 0 Å². The molecule has 8 nitrogen and oxygen atoms in total. The molecule has 2 fully saturated rings. The number of carbonyl (C=O) groups excluding carboxylic acids is 2. The predicted octanol–water partition coefficient (Wildman–Crippen LogP) is 2.74. The second-order valence-corrected chi connectivity index (χ2v) is 9.94. The van der Waals surface area contributed by atoms with Crippen molar-refractivity contribution < 1.29 is 29.3 Å². The Morgan fingerprint density at radius 2 is 1.75 bits per heavy atom. The van der Waals surface area contributed by atoms with Gasteiger partial charge in [0.1, 0.15) is 12.6 Å². The van der Waals surface area contributed by atoms with E-state index in [-0.39, 0.29) is 36.8 Å². The number of benzene rings is 1. The van der Waals surface area contributed by atoms with Gasteiger partial charge in [0.25, 0.3) is 0 Å². The number of hydrogen-bond acceptors (Lipinski definition) is 5. The van der Waals surface area contributed by atoms with E-state index in [1.54, 1.807) is 4.90 Å². The zero-order chi connectivity index (χ0) is 23.5. The van der Waals surface area contributed by atoms with Gasteiger partial charge < -0.3 is 19.8 Å². The van der Waals surface area contributed by atoms with E-state index in [4.69, 9.17) is 4.74 Å². The summed E-state index contributed by atoms with van der Waals surface area (Å²) >= 11 is 0. The molecule has 2 amide bonds. The highest BCUT2D eigenvalue weighted by Crippen LogP contribution is 2.38. The minimum absolute atomic E-state index is 0.00217. The van der Waals surface area contributed by atoms with Crippen LogP contribution in [0.4, 0.5) is 4.79 Å². The summed E-state index contributed by atoms with van der Waals surface area (Å²) in [6.07, 6.45) is 0.000678. The molecule has 0 saturated carbocycles. The molecule has 2 N–H and O–H groups in total. The fraction of sp³-hybridized carbons (Fsp3) is 0.625. The minimum Gasteiger partial charge on any atom is -0.481 e. The van der Waals surface area contributed by atoms with Crippen molar-refractivity contribution in [1.82, 2.24) is 9.80 Å². The van der Waals surface area contributed by atoms with E-state index in [0.29, 0.717) is 25.9 Å². The molecule has 8 heteroatoms. The van der Waals surface area contributed by atoms with Gasteiger partial charge in [0.05, 0.1) is 18.6 Å². The van der Waals surface area contributed by atoms with Crippen molar-refractivity contribution in [3.05, 3.63) is 35.9 Å². The number of hydrogen-bond donors (Lipinski definition) is 2. The lowest BCUT2D eigenvalue weighted by atomic mass is 9.70. The summed E-state index contributed by atoms with van der Waals surface area (Å²) in [5, 5.41) is 19.8. The average Bonchev–Trinajstić information content (AvgIpc) is 3.13. The normalized spacial score (nSPS) is 23.1. The topological polar surface area (TPSA) is 107 Å². The summed E-state index contributed by atoms with van der Waals surface area (Å²) in [6.45, 7) is 6.85. The van der Waals surface area contributed by atoms with Gasteiger partial charge >= 0.3 is 12.1 Å².